The third kappa shape index (κ3) is 2.66. The van der Waals surface area contributed by atoms with Crippen molar-refractivity contribution in [2.75, 3.05) is 26.2 Å². The summed E-state index contributed by atoms with van der Waals surface area (Å²) < 4.78 is 0. The third-order valence-corrected chi connectivity index (χ3v) is 2.31. The van der Waals surface area contributed by atoms with Gasteiger partial charge in [-0.1, -0.05) is 0 Å². The van der Waals surface area contributed by atoms with E-state index in [0.717, 1.165) is 0 Å². The molecule has 0 bridgehead atoms. The molecule has 1 heterocycles. The number of rotatable bonds is 3. The molecule has 1 rings (SSSR count). The van der Waals surface area contributed by atoms with E-state index in [2.05, 4.69) is 0 Å². The number of amides is 2. The fourth-order valence-electron chi connectivity index (χ4n) is 1.35. The Kier molecular flexibility index (Phi) is 3.62. The first-order chi connectivity index (χ1) is 7.06. The molecule has 0 aromatic carbocycles. The monoisotopic (exact) mass is 215 g/mol. The topological polar surface area (TPSA) is 104 Å². The molecule has 0 spiro atoms. The molecule has 0 radical (unpaired) electrons. The molecular formula is C8H13N3O4. The first-order valence-corrected chi connectivity index (χ1v) is 4.52. The highest BCUT2D eigenvalue weighted by atomic mass is 16.4. The third-order valence-electron chi connectivity index (χ3n) is 2.31. The van der Waals surface area contributed by atoms with Crippen LogP contribution in [-0.2, 0) is 14.4 Å². The number of aliphatic carboxylic acids is 1. The fourth-order valence-corrected chi connectivity index (χ4v) is 1.35. The molecule has 1 atom stereocenters. The zero-order chi connectivity index (χ0) is 11.4. The van der Waals surface area contributed by atoms with Crippen molar-refractivity contribution in [1.82, 2.24) is 9.80 Å². The Hall–Kier alpha value is -1.63. The molecule has 15 heavy (non-hydrogen) atoms. The molecule has 0 saturated carbocycles. The van der Waals surface area contributed by atoms with Crippen molar-refractivity contribution in [1.29, 1.82) is 0 Å². The standard InChI is InChI=1S/C8H13N3O4/c9-6(8(14)15)7(13)11-3-1-10(5-12)2-4-11/h5-6H,1-4,9H2,(H,14,15). The van der Waals surface area contributed by atoms with E-state index < -0.39 is 17.9 Å². The SMILES string of the molecule is NC(C(=O)O)C(=O)N1CCN(C=O)CC1. The van der Waals surface area contributed by atoms with Gasteiger partial charge in [-0.3, -0.25) is 9.59 Å². The summed E-state index contributed by atoms with van der Waals surface area (Å²) in [4.78, 5) is 35.2. The first-order valence-electron chi connectivity index (χ1n) is 4.52. The van der Waals surface area contributed by atoms with Gasteiger partial charge in [0, 0.05) is 26.2 Å². The Labute approximate surface area is 86.4 Å². The Morgan fingerprint density at radius 3 is 2.20 bits per heavy atom. The number of nitrogens with zero attached hydrogens (tertiary/aromatic N) is 2. The van der Waals surface area contributed by atoms with Crippen LogP contribution >= 0.6 is 0 Å². The maximum absolute atomic E-state index is 11.4. The van der Waals surface area contributed by atoms with Crippen molar-refractivity contribution < 1.29 is 19.5 Å². The van der Waals surface area contributed by atoms with Gasteiger partial charge in [0.1, 0.15) is 0 Å². The molecule has 0 aliphatic carbocycles. The summed E-state index contributed by atoms with van der Waals surface area (Å²) in [5, 5.41) is 8.54. The molecule has 7 nitrogen and oxygen atoms in total. The summed E-state index contributed by atoms with van der Waals surface area (Å²) in [5.41, 5.74) is 5.18. The van der Waals surface area contributed by atoms with E-state index in [1.54, 1.807) is 0 Å². The van der Waals surface area contributed by atoms with Crippen LogP contribution in [0.3, 0.4) is 0 Å². The maximum Gasteiger partial charge on any atom is 0.330 e. The number of nitrogens with two attached hydrogens (primary N) is 1. The van der Waals surface area contributed by atoms with Crippen LogP contribution in [0.5, 0.6) is 0 Å². The molecule has 84 valence electrons. The summed E-state index contributed by atoms with van der Waals surface area (Å²) in [7, 11) is 0. The maximum atomic E-state index is 11.4. The van der Waals surface area contributed by atoms with Crippen LogP contribution in [0.25, 0.3) is 0 Å². The second-order valence-electron chi connectivity index (χ2n) is 3.28. The van der Waals surface area contributed by atoms with Gasteiger partial charge in [0.05, 0.1) is 0 Å². The predicted octanol–water partition coefficient (Wildman–Crippen LogP) is -2.30. The van der Waals surface area contributed by atoms with E-state index in [1.807, 2.05) is 0 Å². The van der Waals surface area contributed by atoms with Crippen LogP contribution in [0.4, 0.5) is 0 Å². The largest absolute Gasteiger partial charge is 0.480 e. The molecule has 1 saturated heterocycles. The number of carboxylic acid groups (broad SMARTS) is 1. The van der Waals surface area contributed by atoms with Gasteiger partial charge in [-0.15, -0.1) is 0 Å². The molecule has 1 aliphatic heterocycles. The van der Waals surface area contributed by atoms with Gasteiger partial charge in [0.2, 0.25) is 6.41 Å². The summed E-state index contributed by atoms with van der Waals surface area (Å²) >= 11 is 0. The fraction of sp³-hybridized carbons (Fsp3) is 0.625. The highest BCUT2D eigenvalue weighted by molar-refractivity contribution is 6.00. The molecule has 2 amide bonds. The van der Waals surface area contributed by atoms with Crippen molar-refractivity contribution in [2.45, 2.75) is 6.04 Å². The van der Waals surface area contributed by atoms with Gasteiger partial charge in [0.25, 0.3) is 5.91 Å². The minimum atomic E-state index is -1.51. The average molecular weight is 215 g/mol. The molecule has 0 aromatic heterocycles. The first kappa shape index (κ1) is 11.4. The molecule has 0 aromatic rings. The van der Waals surface area contributed by atoms with Gasteiger partial charge in [-0.2, -0.15) is 0 Å². The lowest BCUT2D eigenvalue weighted by Crippen LogP contribution is -2.54. The van der Waals surface area contributed by atoms with Gasteiger partial charge >= 0.3 is 5.97 Å². The summed E-state index contributed by atoms with van der Waals surface area (Å²) in [6, 6.07) is -1.51. The van der Waals surface area contributed by atoms with E-state index in [0.29, 0.717) is 32.6 Å². The average Bonchev–Trinajstić information content (AvgIpc) is 2.27. The quantitative estimate of drug-likeness (QED) is 0.407. The van der Waals surface area contributed by atoms with Crippen LogP contribution in [0.2, 0.25) is 0 Å². The number of carbonyl (C=O) groups excluding carboxylic acids is 2. The van der Waals surface area contributed by atoms with Crippen LogP contribution in [0, 0.1) is 0 Å². The number of hydrogen-bond donors (Lipinski definition) is 2. The highest BCUT2D eigenvalue weighted by Crippen LogP contribution is 2.01. The zero-order valence-corrected chi connectivity index (χ0v) is 8.13. The van der Waals surface area contributed by atoms with Gasteiger partial charge in [0.15, 0.2) is 6.04 Å². The van der Waals surface area contributed by atoms with Crippen molar-refractivity contribution in [2.24, 2.45) is 5.73 Å². The van der Waals surface area contributed by atoms with Crippen molar-refractivity contribution >= 4 is 18.3 Å². The molecule has 1 unspecified atom stereocenters. The lowest BCUT2D eigenvalue weighted by Gasteiger charge is -2.33. The van der Waals surface area contributed by atoms with Crippen molar-refractivity contribution in [3.05, 3.63) is 0 Å². The number of carbonyl (C=O) groups is 3. The van der Waals surface area contributed by atoms with E-state index in [-0.39, 0.29) is 0 Å². The number of hydrogen-bond acceptors (Lipinski definition) is 4. The predicted molar refractivity (Wildman–Crippen MR) is 49.8 cm³/mol. The molecular weight excluding hydrogens is 202 g/mol. The zero-order valence-electron chi connectivity index (χ0n) is 8.13. The van der Waals surface area contributed by atoms with Crippen LogP contribution in [-0.4, -0.2) is 65.4 Å². The Bertz CT molecular complexity index is 273. The smallest absolute Gasteiger partial charge is 0.330 e. The highest BCUT2D eigenvalue weighted by Gasteiger charge is 2.28. The van der Waals surface area contributed by atoms with Crippen LogP contribution in [0.1, 0.15) is 0 Å². The van der Waals surface area contributed by atoms with E-state index in [1.165, 1.54) is 9.80 Å². The van der Waals surface area contributed by atoms with Crippen LogP contribution in [0.15, 0.2) is 0 Å². The second-order valence-corrected chi connectivity index (χ2v) is 3.28. The number of carboxylic acids is 1. The lowest BCUT2D eigenvalue weighted by atomic mass is 10.2. The van der Waals surface area contributed by atoms with Crippen LogP contribution < -0.4 is 5.73 Å². The van der Waals surface area contributed by atoms with Gasteiger partial charge < -0.3 is 20.6 Å². The van der Waals surface area contributed by atoms with Gasteiger partial charge in [-0.25, -0.2) is 4.79 Å². The van der Waals surface area contributed by atoms with E-state index in [4.69, 9.17) is 10.8 Å². The molecule has 7 heteroatoms. The molecule has 3 N–H and O–H groups in total. The Morgan fingerprint density at radius 1 is 1.27 bits per heavy atom. The molecule has 1 aliphatic rings. The Morgan fingerprint density at radius 2 is 1.80 bits per heavy atom. The number of piperazine rings is 1. The Balaban J connectivity index is 2.49. The van der Waals surface area contributed by atoms with Crippen molar-refractivity contribution in [3.8, 4) is 0 Å². The molecule has 1 fully saturated rings. The normalized spacial score (nSPS) is 18.5. The minimum absolute atomic E-state index is 0.332. The second kappa shape index (κ2) is 4.74. The van der Waals surface area contributed by atoms with Crippen molar-refractivity contribution in [3.63, 3.8) is 0 Å². The van der Waals surface area contributed by atoms with E-state index >= 15 is 0 Å². The van der Waals surface area contributed by atoms with Gasteiger partial charge in [-0.05, 0) is 0 Å². The van der Waals surface area contributed by atoms with E-state index in [9.17, 15) is 14.4 Å². The minimum Gasteiger partial charge on any atom is -0.480 e. The summed E-state index contributed by atoms with van der Waals surface area (Å²) in [5.74, 6) is -1.94. The lowest BCUT2D eigenvalue weighted by molar-refractivity contribution is -0.148. The summed E-state index contributed by atoms with van der Waals surface area (Å²) in [6.07, 6.45) is 0.707. The summed E-state index contributed by atoms with van der Waals surface area (Å²) in [6.45, 7) is 1.50.